The fraction of sp³-hybridized carbons (Fsp3) is 0.444. The molecule has 0 saturated heterocycles. The van der Waals surface area contributed by atoms with Gasteiger partial charge in [0.05, 0.1) is 7.11 Å². The lowest BCUT2D eigenvalue weighted by molar-refractivity contribution is 0.397. The third-order valence-corrected chi connectivity index (χ3v) is 2.11. The third-order valence-electron chi connectivity index (χ3n) is 2.11. The Morgan fingerprint density at radius 3 is 3.33 bits per heavy atom. The average molecular weight is 164 g/mol. The Morgan fingerprint density at radius 1 is 1.58 bits per heavy atom. The van der Waals surface area contributed by atoms with Crippen molar-refractivity contribution in [3.8, 4) is 5.88 Å². The lowest BCUT2D eigenvalue weighted by atomic mass is 10.1. The molecule has 0 fully saturated rings. The van der Waals surface area contributed by atoms with E-state index < -0.39 is 0 Å². The highest BCUT2D eigenvalue weighted by atomic mass is 16.5. The molecule has 3 nitrogen and oxygen atoms in total. The summed E-state index contributed by atoms with van der Waals surface area (Å²) in [5.74, 6) is 0.683. The quantitative estimate of drug-likeness (QED) is 0.682. The molecule has 1 aromatic rings. The minimum absolute atomic E-state index is 0.683. The van der Waals surface area contributed by atoms with Crippen molar-refractivity contribution in [2.45, 2.75) is 12.8 Å². The van der Waals surface area contributed by atoms with Gasteiger partial charge in [-0.25, -0.2) is 4.98 Å². The van der Waals surface area contributed by atoms with Gasteiger partial charge in [0.1, 0.15) is 0 Å². The Morgan fingerprint density at radius 2 is 2.50 bits per heavy atom. The number of anilines is 1. The largest absolute Gasteiger partial charge is 0.481 e. The number of methoxy groups -OCH3 is 1. The van der Waals surface area contributed by atoms with Crippen LogP contribution in [0.1, 0.15) is 12.0 Å². The molecule has 0 aromatic carbocycles. The van der Waals surface area contributed by atoms with E-state index in [0.29, 0.717) is 5.88 Å². The maximum atomic E-state index is 5.03. The van der Waals surface area contributed by atoms with Gasteiger partial charge in [0.25, 0.3) is 0 Å². The van der Waals surface area contributed by atoms with Crippen LogP contribution in [0.3, 0.4) is 0 Å². The lowest BCUT2D eigenvalue weighted by Gasteiger charge is -2.17. The van der Waals surface area contributed by atoms with Gasteiger partial charge in [0.15, 0.2) is 0 Å². The van der Waals surface area contributed by atoms with Gasteiger partial charge >= 0.3 is 0 Å². The summed E-state index contributed by atoms with van der Waals surface area (Å²) in [6.07, 6.45) is 4.21. The number of nitrogens with zero attached hydrogens (tertiary/aromatic N) is 1. The molecular weight excluding hydrogens is 152 g/mol. The number of aryl methyl sites for hydroxylation is 1. The normalized spacial score (nSPS) is 14.8. The maximum absolute atomic E-state index is 5.03. The zero-order chi connectivity index (χ0) is 8.39. The first-order valence-electron chi connectivity index (χ1n) is 4.17. The van der Waals surface area contributed by atoms with Crippen molar-refractivity contribution in [1.82, 2.24) is 4.98 Å². The summed E-state index contributed by atoms with van der Waals surface area (Å²) < 4.78 is 5.03. The van der Waals surface area contributed by atoms with Crippen molar-refractivity contribution in [2.24, 2.45) is 0 Å². The SMILES string of the molecule is COc1cc2c(cn1)CCCN2. The Balaban J connectivity index is 2.36. The second-order valence-electron chi connectivity index (χ2n) is 2.91. The highest BCUT2D eigenvalue weighted by molar-refractivity contribution is 5.53. The summed E-state index contributed by atoms with van der Waals surface area (Å²) in [7, 11) is 1.64. The van der Waals surface area contributed by atoms with E-state index in [0.717, 1.165) is 13.0 Å². The predicted molar refractivity (Wildman–Crippen MR) is 47.6 cm³/mol. The van der Waals surface area contributed by atoms with E-state index in [1.807, 2.05) is 12.3 Å². The van der Waals surface area contributed by atoms with E-state index in [-0.39, 0.29) is 0 Å². The van der Waals surface area contributed by atoms with Crippen LogP contribution in [-0.2, 0) is 6.42 Å². The Labute approximate surface area is 71.8 Å². The minimum atomic E-state index is 0.683. The molecule has 1 N–H and O–H groups in total. The number of nitrogens with one attached hydrogen (secondary N) is 1. The summed E-state index contributed by atoms with van der Waals surface area (Å²) in [4.78, 5) is 4.15. The van der Waals surface area contributed by atoms with E-state index in [2.05, 4.69) is 10.3 Å². The molecule has 1 aliphatic heterocycles. The van der Waals surface area contributed by atoms with E-state index in [9.17, 15) is 0 Å². The molecule has 1 aliphatic rings. The van der Waals surface area contributed by atoms with Gasteiger partial charge in [-0.1, -0.05) is 0 Å². The van der Waals surface area contributed by atoms with Gasteiger partial charge < -0.3 is 10.1 Å². The first-order valence-corrected chi connectivity index (χ1v) is 4.17. The number of rotatable bonds is 1. The van der Waals surface area contributed by atoms with Crippen LogP contribution < -0.4 is 10.1 Å². The van der Waals surface area contributed by atoms with Crippen LogP contribution in [0, 0.1) is 0 Å². The van der Waals surface area contributed by atoms with Gasteiger partial charge in [-0.3, -0.25) is 0 Å². The zero-order valence-corrected chi connectivity index (χ0v) is 7.13. The predicted octanol–water partition coefficient (Wildman–Crippen LogP) is 1.45. The summed E-state index contributed by atoms with van der Waals surface area (Å²) in [6, 6.07) is 1.95. The summed E-state index contributed by atoms with van der Waals surface area (Å²) in [5, 5.41) is 3.32. The van der Waals surface area contributed by atoms with E-state index in [4.69, 9.17) is 4.74 Å². The van der Waals surface area contributed by atoms with Crippen LogP contribution in [0.15, 0.2) is 12.3 Å². The number of aromatic nitrogens is 1. The van der Waals surface area contributed by atoms with Crippen molar-refractivity contribution in [2.75, 3.05) is 19.0 Å². The molecule has 12 heavy (non-hydrogen) atoms. The number of hydrogen-bond donors (Lipinski definition) is 1. The van der Waals surface area contributed by atoms with Crippen LogP contribution in [0.2, 0.25) is 0 Å². The van der Waals surface area contributed by atoms with Crippen molar-refractivity contribution >= 4 is 5.69 Å². The molecular formula is C9H12N2O. The molecule has 2 heterocycles. The third kappa shape index (κ3) is 1.22. The van der Waals surface area contributed by atoms with Crippen LogP contribution in [0.25, 0.3) is 0 Å². The second kappa shape index (κ2) is 3.01. The summed E-state index contributed by atoms with van der Waals surface area (Å²) >= 11 is 0. The Kier molecular flexibility index (Phi) is 1.86. The summed E-state index contributed by atoms with van der Waals surface area (Å²) in [6.45, 7) is 1.06. The molecule has 0 saturated carbocycles. The van der Waals surface area contributed by atoms with Crippen molar-refractivity contribution in [3.05, 3.63) is 17.8 Å². The Hall–Kier alpha value is -1.25. The van der Waals surface area contributed by atoms with Crippen molar-refractivity contribution in [1.29, 1.82) is 0 Å². The summed E-state index contributed by atoms with van der Waals surface area (Å²) in [5.41, 5.74) is 2.47. The highest BCUT2D eigenvalue weighted by Gasteiger charge is 2.09. The van der Waals surface area contributed by atoms with Gasteiger partial charge in [-0.15, -0.1) is 0 Å². The number of pyridine rings is 1. The maximum Gasteiger partial charge on any atom is 0.214 e. The van der Waals surface area contributed by atoms with E-state index >= 15 is 0 Å². The first-order chi connectivity index (χ1) is 5.90. The monoisotopic (exact) mass is 164 g/mol. The molecule has 1 aromatic heterocycles. The molecule has 0 amide bonds. The second-order valence-corrected chi connectivity index (χ2v) is 2.91. The molecule has 3 heteroatoms. The van der Waals surface area contributed by atoms with Gasteiger partial charge in [0.2, 0.25) is 5.88 Å². The molecule has 2 rings (SSSR count). The van der Waals surface area contributed by atoms with Gasteiger partial charge in [0, 0.05) is 24.5 Å². The smallest absolute Gasteiger partial charge is 0.214 e. The number of hydrogen-bond acceptors (Lipinski definition) is 3. The molecule has 0 spiro atoms. The molecule has 0 atom stereocenters. The van der Waals surface area contributed by atoms with Crippen LogP contribution >= 0.6 is 0 Å². The average Bonchev–Trinajstić information content (AvgIpc) is 2.17. The minimum Gasteiger partial charge on any atom is -0.481 e. The van der Waals surface area contributed by atoms with Gasteiger partial charge in [-0.05, 0) is 18.4 Å². The lowest BCUT2D eigenvalue weighted by Crippen LogP contribution is -2.12. The van der Waals surface area contributed by atoms with Crippen LogP contribution in [0.4, 0.5) is 5.69 Å². The number of fused-ring (bicyclic) bond motifs is 1. The fourth-order valence-corrected chi connectivity index (χ4v) is 1.44. The first kappa shape index (κ1) is 7.40. The highest BCUT2D eigenvalue weighted by Crippen LogP contribution is 2.23. The van der Waals surface area contributed by atoms with Crippen LogP contribution in [0.5, 0.6) is 5.88 Å². The number of ether oxygens (including phenoxy) is 1. The zero-order valence-electron chi connectivity index (χ0n) is 7.13. The van der Waals surface area contributed by atoms with Crippen LogP contribution in [-0.4, -0.2) is 18.6 Å². The molecule has 0 bridgehead atoms. The Bertz CT molecular complexity index is 286. The topological polar surface area (TPSA) is 34.1 Å². The molecule has 0 unspecified atom stereocenters. The van der Waals surface area contributed by atoms with E-state index in [1.165, 1.54) is 17.7 Å². The standard InChI is InChI=1S/C9H12N2O/c1-12-9-5-8-7(6-11-9)3-2-4-10-8/h5-6,10H,2-4H2,1H3. The molecule has 64 valence electrons. The molecule has 0 aliphatic carbocycles. The van der Waals surface area contributed by atoms with Crippen molar-refractivity contribution < 1.29 is 4.74 Å². The van der Waals surface area contributed by atoms with Gasteiger partial charge in [-0.2, -0.15) is 0 Å². The molecule has 0 radical (unpaired) electrons. The fourth-order valence-electron chi connectivity index (χ4n) is 1.44. The van der Waals surface area contributed by atoms with E-state index in [1.54, 1.807) is 7.11 Å². The van der Waals surface area contributed by atoms with Crippen molar-refractivity contribution in [3.63, 3.8) is 0 Å².